The van der Waals surface area contributed by atoms with E-state index >= 15 is 0 Å². The predicted molar refractivity (Wildman–Crippen MR) is 111 cm³/mol. The number of benzene rings is 1. The molecular formula is C21H30N5OS+. The summed E-state index contributed by atoms with van der Waals surface area (Å²) in [5.41, 5.74) is 1.24. The highest BCUT2D eigenvalue weighted by atomic mass is 32.2. The number of nitrogens with zero attached hydrogens (tertiary/aromatic N) is 4. The number of aromatic nitrogens is 3. The molecule has 2 fully saturated rings. The molecule has 2 aromatic rings. The summed E-state index contributed by atoms with van der Waals surface area (Å²) in [6.07, 6.45) is 2.38. The average Bonchev–Trinajstić information content (AvgIpc) is 3.51. The van der Waals surface area contributed by atoms with E-state index in [-0.39, 0.29) is 11.2 Å². The average molecular weight is 401 g/mol. The van der Waals surface area contributed by atoms with E-state index in [2.05, 4.69) is 46.0 Å². The number of carbonyl (C=O) groups excluding carboxylic acids is 1. The summed E-state index contributed by atoms with van der Waals surface area (Å²) in [4.78, 5) is 16.6. The summed E-state index contributed by atoms with van der Waals surface area (Å²) < 4.78 is 2.22. The Balaban J connectivity index is 1.46. The fourth-order valence-electron chi connectivity index (χ4n) is 3.81. The lowest BCUT2D eigenvalue weighted by Crippen LogP contribution is -3.14. The second-order valence-electron chi connectivity index (χ2n) is 7.88. The Morgan fingerprint density at radius 1 is 1.21 bits per heavy atom. The third kappa shape index (κ3) is 4.41. The Hall–Kier alpha value is -1.86. The molecular weight excluding hydrogens is 370 g/mol. The van der Waals surface area contributed by atoms with Crippen molar-refractivity contribution in [2.45, 2.75) is 49.6 Å². The minimum atomic E-state index is -0.144. The van der Waals surface area contributed by atoms with Crippen LogP contribution in [-0.4, -0.2) is 63.5 Å². The van der Waals surface area contributed by atoms with Gasteiger partial charge in [0.05, 0.1) is 44.5 Å². The maximum absolute atomic E-state index is 13.0. The van der Waals surface area contributed by atoms with Crippen LogP contribution in [0.25, 0.3) is 0 Å². The van der Waals surface area contributed by atoms with E-state index in [1.807, 2.05) is 17.9 Å². The van der Waals surface area contributed by atoms with Crippen LogP contribution in [-0.2, 0) is 11.3 Å². The molecule has 28 heavy (non-hydrogen) atoms. The van der Waals surface area contributed by atoms with Crippen molar-refractivity contribution in [1.82, 2.24) is 19.7 Å². The lowest BCUT2D eigenvalue weighted by atomic mass is 10.2. The molecule has 0 bridgehead atoms. The van der Waals surface area contributed by atoms with Crippen LogP contribution in [0.3, 0.4) is 0 Å². The molecule has 0 unspecified atom stereocenters. The van der Waals surface area contributed by atoms with Gasteiger partial charge < -0.3 is 14.4 Å². The summed E-state index contributed by atoms with van der Waals surface area (Å²) in [5.74, 6) is 1.83. The van der Waals surface area contributed by atoms with Gasteiger partial charge in [-0.05, 0) is 32.3 Å². The summed E-state index contributed by atoms with van der Waals surface area (Å²) >= 11 is 1.56. The maximum Gasteiger partial charge on any atom is 0.236 e. The Kier molecular flexibility index (Phi) is 6.01. The highest BCUT2D eigenvalue weighted by Crippen LogP contribution is 2.40. The minimum absolute atomic E-state index is 0.144. The Labute approximate surface area is 171 Å². The second kappa shape index (κ2) is 8.66. The number of quaternary nitrogens is 1. The normalized spacial score (nSPS) is 19.0. The zero-order chi connectivity index (χ0) is 19.5. The molecule has 1 aliphatic heterocycles. The SMILES string of the molecule is CC[NH+]1CCN(C(=O)[C@@H](C)Sc2nnc(C3CC3)n2Cc2ccccc2)CC1. The van der Waals surface area contributed by atoms with Crippen LogP contribution in [0.4, 0.5) is 0 Å². The molecule has 1 aromatic heterocycles. The van der Waals surface area contributed by atoms with Crippen LogP contribution < -0.4 is 4.90 Å². The first kappa shape index (κ1) is 19.5. The van der Waals surface area contributed by atoms with Crippen LogP contribution in [0.2, 0.25) is 0 Å². The molecule has 0 spiro atoms. The molecule has 1 saturated carbocycles. The minimum Gasteiger partial charge on any atom is -0.332 e. The number of hydrogen-bond donors (Lipinski definition) is 1. The highest BCUT2D eigenvalue weighted by molar-refractivity contribution is 8.00. The molecule has 150 valence electrons. The van der Waals surface area contributed by atoms with Crippen molar-refractivity contribution < 1.29 is 9.69 Å². The monoisotopic (exact) mass is 400 g/mol. The van der Waals surface area contributed by atoms with Crippen molar-refractivity contribution in [2.75, 3.05) is 32.7 Å². The van der Waals surface area contributed by atoms with Gasteiger partial charge in [-0.15, -0.1) is 10.2 Å². The Morgan fingerprint density at radius 3 is 2.57 bits per heavy atom. The van der Waals surface area contributed by atoms with Gasteiger partial charge in [-0.3, -0.25) is 4.79 Å². The fraction of sp³-hybridized carbons (Fsp3) is 0.571. The van der Waals surface area contributed by atoms with Crippen molar-refractivity contribution in [1.29, 1.82) is 0 Å². The first-order valence-corrected chi connectivity index (χ1v) is 11.3. The molecule has 1 amide bonds. The molecule has 4 rings (SSSR count). The van der Waals surface area contributed by atoms with Gasteiger partial charge in [0.2, 0.25) is 5.91 Å². The highest BCUT2D eigenvalue weighted by Gasteiger charge is 2.32. The van der Waals surface area contributed by atoms with Gasteiger partial charge in [0.1, 0.15) is 5.82 Å². The van der Waals surface area contributed by atoms with Crippen molar-refractivity contribution in [2.24, 2.45) is 0 Å². The van der Waals surface area contributed by atoms with Gasteiger partial charge in [0.15, 0.2) is 5.16 Å². The quantitative estimate of drug-likeness (QED) is 0.715. The molecule has 7 heteroatoms. The molecule has 0 radical (unpaired) electrons. The smallest absolute Gasteiger partial charge is 0.236 e. The summed E-state index contributed by atoms with van der Waals surface area (Å²) in [6, 6.07) is 10.4. The zero-order valence-corrected chi connectivity index (χ0v) is 17.6. The van der Waals surface area contributed by atoms with Gasteiger partial charge >= 0.3 is 0 Å². The van der Waals surface area contributed by atoms with Gasteiger partial charge in [0, 0.05) is 5.92 Å². The van der Waals surface area contributed by atoms with Crippen LogP contribution in [0.5, 0.6) is 0 Å². The summed E-state index contributed by atoms with van der Waals surface area (Å²) in [5, 5.41) is 9.67. The van der Waals surface area contributed by atoms with Crippen LogP contribution in [0.1, 0.15) is 44.0 Å². The van der Waals surface area contributed by atoms with E-state index in [0.29, 0.717) is 5.92 Å². The Morgan fingerprint density at radius 2 is 1.93 bits per heavy atom. The van der Waals surface area contributed by atoms with Crippen molar-refractivity contribution in [3.8, 4) is 0 Å². The number of amides is 1. The van der Waals surface area contributed by atoms with Crippen LogP contribution in [0.15, 0.2) is 35.5 Å². The van der Waals surface area contributed by atoms with Crippen molar-refractivity contribution in [3.63, 3.8) is 0 Å². The van der Waals surface area contributed by atoms with Gasteiger partial charge in [-0.1, -0.05) is 42.1 Å². The molecule has 6 nitrogen and oxygen atoms in total. The van der Waals surface area contributed by atoms with E-state index in [1.165, 1.54) is 18.4 Å². The van der Waals surface area contributed by atoms with E-state index in [4.69, 9.17) is 0 Å². The second-order valence-corrected chi connectivity index (χ2v) is 9.18. The molecule has 1 atom stereocenters. The molecule has 1 aliphatic carbocycles. The molecule has 2 heterocycles. The van der Waals surface area contributed by atoms with Crippen molar-refractivity contribution >= 4 is 17.7 Å². The number of likely N-dealkylation sites (N-methyl/N-ethyl adjacent to an activating group) is 1. The standard InChI is InChI=1S/C21H29N5OS/c1-3-24-11-13-25(14-12-24)20(27)16(2)28-21-23-22-19(18-9-10-18)26(21)15-17-7-5-4-6-8-17/h4-8,16,18H,3,9-15H2,1-2H3/p+1/t16-/m1/s1. The third-order valence-corrected chi connectivity index (χ3v) is 6.85. The lowest BCUT2D eigenvalue weighted by Gasteiger charge is -2.32. The lowest BCUT2D eigenvalue weighted by molar-refractivity contribution is -0.902. The van der Waals surface area contributed by atoms with Gasteiger partial charge in [-0.2, -0.15) is 0 Å². The zero-order valence-electron chi connectivity index (χ0n) is 16.8. The van der Waals surface area contributed by atoms with Crippen molar-refractivity contribution in [3.05, 3.63) is 41.7 Å². The topological polar surface area (TPSA) is 55.5 Å². The summed E-state index contributed by atoms with van der Waals surface area (Å²) in [7, 11) is 0. The number of rotatable bonds is 7. The number of hydrogen-bond acceptors (Lipinski definition) is 4. The Bertz CT molecular complexity index is 796. The molecule has 1 N–H and O–H groups in total. The predicted octanol–water partition coefficient (Wildman–Crippen LogP) is 1.43. The maximum atomic E-state index is 13.0. The van der Waals surface area contributed by atoms with Crippen LogP contribution >= 0.6 is 11.8 Å². The van der Waals surface area contributed by atoms with E-state index in [1.54, 1.807) is 16.7 Å². The molecule has 2 aliphatic rings. The van der Waals surface area contributed by atoms with E-state index in [0.717, 1.165) is 50.2 Å². The number of nitrogens with one attached hydrogen (secondary N) is 1. The summed E-state index contributed by atoms with van der Waals surface area (Å²) in [6.45, 7) is 9.94. The van der Waals surface area contributed by atoms with Gasteiger partial charge in [-0.25, -0.2) is 0 Å². The third-order valence-electron chi connectivity index (χ3n) is 5.78. The largest absolute Gasteiger partial charge is 0.332 e. The first-order chi connectivity index (χ1) is 13.7. The molecule has 1 saturated heterocycles. The van der Waals surface area contributed by atoms with E-state index in [9.17, 15) is 4.79 Å². The number of piperazine rings is 1. The number of thioether (sulfide) groups is 1. The number of carbonyl (C=O) groups is 1. The fourth-order valence-corrected chi connectivity index (χ4v) is 4.75. The van der Waals surface area contributed by atoms with E-state index < -0.39 is 0 Å². The van der Waals surface area contributed by atoms with Gasteiger partial charge in [0.25, 0.3) is 0 Å². The van der Waals surface area contributed by atoms with Crippen LogP contribution in [0, 0.1) is 0 Å². The molecule has 1 aromatic carbocycles. The first-order valence-electron chi connectivity index (χ1n) is 10.4.